The molecule has 4 heteroatoms. The molecule has 1 amide bonds. The molecule has 1 N–H and O–H groups in total. The smallest absolute Gasteiger partial charge is 0.238 e. The number of amides is 1. The molecule has 0 aromatic heterocycles. The van der Waals surface area contributed by atoms with Crippen molar-refractivity contribution >= 4 is 11.6 Å². The highest BCUT2D eigenvalue weighted by Crippen LogP contribution is 2.22. The third-order valence-electron chi connectivity index (χ3n) is 4.14. The van der Waals surface area contributed by atoms with E-state index in [1.165, 1.54) is 32.1 Å². The number of hydrogen-bond donors (Lipinski definition) is 1. The van der Waals surface area contributed by atoms with Crippen molar-refractivity contribution in [3.8, 4) is 6.07 Å². The molecule has 0 radical (unpaired) electrons. The summed E-state index contributed by atoms with van der Waals surface area (Å²) < 4.78 is 0. The van der Waals surface area contributed by atoms with E-state index in [1.807, 2.05) is 0 Å². The molecule has 0 aliphatic heterocycles. The Bertz CT molecular complexity index is 498. The molecule has 0 atom stereocenters. The van der Waals surface area contributed by atoms with E-state index in [-0.39, 0.29) is 5.91 Å². The largest absolute Gasteiger partial charge is 0.325 e. The van der Waals surface area contributed by atoms with Gasteiger partial charge in [-0.3, -0.25) is 9.69 Å². The van der Waals surface area contributed by atoms with Crippen LogP contribution in [0.5, 0.6) is 0 Å². The maximum absolute atomic E-state index is 12.2. The first-order valence-corrected chi connectivity index (χ1v) is 7.77. The third-order valence-corrected chi connectivity index (χ3v) is 4.14. The van der Waals surface area contributed by atoms with Crippen LogP contribution in [0.15, 0.2) is 24.3 Å². The molecule has 2 rings (SSSR count). The summed E-state index contributed by atoms with van der Waals surface area (Å²) in [6.45, 7) is 3.47. The number of nitriles is 1. The minimum Gasteiger partial charge on any atom is -0.325 e. The van der Waals surface area contributed by atoms with Gasteiger partial charge in [-0.25, -0.2) is 0 Å². The van der Waals surface area contributed by atoms with Crippen molar-refractivity contribution in [2.24, 2.45) is 0 Å². The number of benzene rings is 1. The van der Waals surface area contributed by atoms with Crippen LogP contribution in [0.3, 0.4) is 0 Å². The average molecular weight is 285 g/mol. The van der Waals surface area contributed by atoms with Crippen molar-refractivity contribution in [1.29, 1.82) is 5.26 Å². The molecule has 21 heavy (non-hydrogen) atoms. The van der Waals surface area contributed by atoms with Gasteiger partial charge >= 0.3 is 0 Å². The Morgan fingerprint density at radius 2 is 1.95 bits per heavy atom. The number of rotatable bonds is 5. The molecule has 0 heterocycles. The van der Waals surface area contributed by atoms with Crippen LogP contribution in [0.25, 0.3) is 0 Å². The van der Waals surface area contributed by atoms with Gasteiger partial charge in [-0.1, -0.05) is 26.2 Å². The summed E-state index contributed by atoms with van der Waals surface area (Å²) in [5.74, 6) is 0.0205. The number of nitrogens with one attached hydrogen (secondary N) is 1. The van der Waals surface area contributed by atoms with Crippen LogP contribution < -0.4 is 5.32 Å². The first kappa shape index (κ1) is 15.5. The zero-order valence-corrected chi connectivity index (χ0v) is 12.6. The molecular weight excluding hydrogens is 262 g/mol. The Morgan fingerprint density at radius 3 is 2.52 bits per heavy atom. The lowest BCUT2D eigenvalue weighted by molar-refractivity contribution is -0.118. The van der Waals surface area contributed by atoms with E-state index in [0.717, 1.165) is 12.2 Å². The summed E-state index contributed by atoms with van der Waals surface area (Å²) in [6, 6.07) is 9.60. The van der Waals surface area contributed by atoms with Gasteiger partial charge in [0, 0.05) is 11.7 Å². The van der Waals surface area contributed by atoms with Crippen molar-refractivity contribution in [3.05, 3.63) is 29.8 Å². The molecule has 0 unspecified atom stereocenters. The standard InChI is InChI=1S/C17H23N3O/c1-2-20(16-6-4-3-5-7-16)13-17(21)19-15-10-8-14(12-18)9-11-15/h8-11,16H,2-7,13H2,1H3,(H,19,21). The fraction of sp³-hybridized carbons (Fsp3) is 0.529. The van der Waals surface area contributed by atoms with Gasteiger partial charge in [-0.15, -0.1) is 0 Å². The van der Waals surface area contributed by atoms with Crippen LogP contribution in [0.2, 0.25) is 0 Å². The molecule has 1 aliphatic rings. The maximum Gasteiger partial charge on any atom is 0.238 e. The second-order valence-corrected chi connectivity index (χ2v) is 5.59. The topological polar surface area (TPSA) is 56.1 Å². The van der Waals surface area contributed by atoms with Gasteiger partial charge in [0.2, 0.25) is 5.91 Å². The lowest BCUT2D eigenvalue weighted by Crippen LogP contribution is -2.41. The Hall–Kier alpha value is -1.86. The Kier molecular flexibility index (Phi) is 5.77. The fourth-order valence-electron chi connectivity index (χ4n) is 2.96. The van der Waals surface area contributed by atoms with Crippen LogP contribution in [0, 0.1) is 11.3 Å². The van der Waals surface area contributed by atoms with Crippen molar-refractivity contribution in [2.75, 3.05) is 18.4 Å². The molecule has 1 aliphatic carbocycles. The number of hydrogen-bond acceptors (Lipinski definition) is 3. The van der Waals surface area contributed by atoms with E-state index in [4.69, 9.17) is 5.26 Å². The molecule has 112 valence electrons. The lowest BCUT2D eigenvalue weighted by Gasteiger charge is -2.32. The molecule has 1 aromatic rings. The zero-order valence-electron chi connectivity index (χ0n) is 12.6. The predicted molar refractivity (Wildman–Crippen MR) is 83.9 cm³/mol. The van der Waals surface area contributed by atoms with Gasteiger partial charge in [0.05, 0.1) is 18.2 Å². The van der Waals surface area contributed by atoms with E-state index in [9.17, 15) is 4.79 Å². The summed E-state index contributed by atoms with van der Waals surface area (Å²) in [5, 5.41) is 11.7. The van der Waals surface area contributed by atoms with Gasteiger partial charge in [-0.05, 0) is 43.7 Å². The monoisotopic (exact) mass is 285 g/mol. The number of anilines is 1. The Labute approximate surface area is 126 Å². The molecule has 4 nitrogen and oxygen atoms in total. The molecule has 0 saturated heterocycles. The van der Waals surface area contributed by atoms with E-state index in [0.29, 0.717) is 18.2 Å². The number of likely N-dealkylation sites (N-methyl/N-ethyl adjacent to an activating group) is 1. The molecule has 1 aromatic carbocycles. The fourth-order valence-corrected chi connectivity index (χ4v) is 2.96. The number of carbonyl (C=O) groups is 1. The minimum absolute atomic E-state index is 0.0205. The SMILES string of the molecule is CCN(CC(=O)Nc1ccc(C#N)cc1)C1CCCCC1. The summed E-state index contributed by atoms with van der Waals surface area (Å²) in [5.41, 5.74) is 1.35. The average Bonchev–Trinajstić information content (AvgIpc) is 2.54. The van der Waals surface area contributed by atoms with Gasteiger partial charge in [0.15, 0.2) is 0 Å². The molecule has 1 fully saturated rings. The van der Waals surface area contributed by atoms with Gasteiger partial charge in [0.1, 0.15) is 0 Å². The second kappa shape index (κ2) is 7.80. The Balaban J connectivity index is 1.88. The van der Waals surface area contributed by atoms with Gasteiger partial charge in [0.25, 0.3) is 0 Å². The summed E-state index contributed by atoms with van der Waals surface area (Å²) in [7, 11) is 0. The van der Waals surface area contributed by atoms with Crippen LogP contribution in [-0.2, 0) is 4.79 Å². The highest BCUT2D eigenvalue weighted by atomic mass is 16.2. The first-order chi connectivity index (χ1) is 10.2. The van der Waals surface area contributed by atoms with Crippen LogP contribution in [0.1, 0.15) is 44.6 Å². The van der Waals surface area contributed by atoms with Gasteiger partial charge < -0.3 is 5.32 Å². The van der Waals surface area contributed by atoms with Crippen LogP contribution in [-0.4, -0.2) is 29.9 Å². The molecular formula is C17H23N3O. The quantitative estimate of drug-likeness (QED) is 0.904. The van der Waals surface area contributed by atoms with Crippen molar-refractivity contribution in [1.82, 2.24) is 4.90 Å². The van der Waals surface area contributed by atoms with Gasteiger partial charge in [-0.2, -0.15) is 5.26 Å². The normalized spacial score (nSPS) is 15.7. The lowest BCUT2D eigenvalue weighted by atomic mass is 9.94. The third kappa shape index (κ3) is 4.57. The van der Waals surface area contributed by atoms with E-state index in [2.05, 4.69) is 23.2 Å². The minimum atomic E-state index is 0.0205. The van der Waals surface area contributed by atoms with Crippen LogP contribution in [0.4, 0.5) is 5.69 Å². The first-order valence-electron chi connectivity index (χ1n) is 7.77. The number of nitrogens with zero attached hydrogens (tertiary/aromatic N) is 2. The van der Waals surface area contributed by atoms with E-state index >= 15 is 0 Å². The molecule has 1 saturated carbocycles. The Morgan fingerprint density at radius 1 is 1.29 bits per heavy atom. The van der Waals surface area contributed by atoms with Crippen molar-refractivity contribution in [2.45, 2.75) is 45.1 Å². The second-order valence-electron chi connectivity index (χ2n) is 5.59. The van der Waals surface area contributed by atoms with E-state index < -0.39 is 0 Å². The summed E-state index contributed by atoms with van der Waals surface area (Å²) in [6.07, 6.45) is 6.29. The highest BCUT2D eigenvalue weighted by molar-refractivity contribution is 5.92. The van der Waals surface area contributed by atoms with Crippen molar-refractivity contribution < 1.29 is 4.79 Å². The highest BCUT2D eigenvalue weighted by Gasteiger charge is 2.21. The van der Waals surface area contributed by atoms with E-state index in [1.54, 1.807) is 24.3 Å². The van der Waals surface area contributed by atoms with Crippen LogP contribution >= 0.6 is 0 Å². The van der Waals surface area contributed by atoms with Crippen molar-refractivity contribution in [3.63, 3.8) is 0 Å². The zero-order chi connectivity index (χ0) is 15.1. The summed E-state index contributed by atoms with van der Waals surface area (Å²) in [4.78, 5) is 14.4. The number of carbonyl (C=O) groups excluding carboxylic acids is 1. The molecule has 0 spiro atoms. The maximum atomic E-state index is 12.2. The summed E-state index contributed by atoms with van der Waals surface area (Å²) >= 11 is 0. The molecule has 0 bridgehead atoms. The predicted octanol–water partition coefficient (Wildman–Crippen LogP) is 3.15.